The highest BCUT2D eigenvalue weighted by molar-refractivity contribution is 9.11. The Morgan fingerprint density at radius 3 is 2.41 bits per heavy atom. The van der Waals surface area contributed by atoms with Gasteiger partial charge >= 0.3 is 0 Å². The van der Waals surface area contributed by atoms with Crippen LogP contribution in [0.4, 0.5) is 5.69 Å². The van der Waals surface area contributed by atoms with Gasteiger partial charge in [0.15, 0.2) is 6.29 Å². The maximum absolute atomic E-state index is 11.6. The van der Waals surface area contributed by atoms with Crippen molar-refractivity contribution in [1.82, 2.24) is 0 Å². The largest absolute Gasteiger partial charge is 0.371 e. The first-order valence-corrected chi connectivity index (χ1v) is 6.68. The van der Waals surface area contributed by atoms with Crippen LogP contribution in [-0.2, 0) is 4.79 Å². The summed E-state index contributed by atoms with van der Waals surface area (Å²) in [6.07, 6.45) is 0.339. The molecule has 0 radical (unpaired) electrons. The third kappa shape index (κ3) is 3.16. The van der Waals surface area contributed by atoms with E-state index in [0.29, 0.717) is 11.8 Å². The standard InChI is InChI=1S/C12H13Br2NO2/c1-7(2)15(3)12-9(11(17)6-16)4-8(13)5-10(12)14/h4-7H,1-3H3. The first-order valence-electron chi connectivity index (χ1n) is 5.09. The lowest BCUT2D eigenvalue weighted by molar-refractivity contribution is -0.104. The molecule has 17 heavy (non-hydrogen) atoms. The Labute approximate surface area is 117 Å². The summed E-state index contributed by atoms with van der Waals surface area (Å²) in [7, 11) is 1.89. The highest BCUT2D eigenvalue weighted by Crippen LogP contribution is 2.34. The molecule has 1 aromatic rings. The van der Waals surface area contributed by atoms with Crippen LogP contribution in [0, 0.1) is 0 Å². The van der Waals surface area contributed by atoms with Crippen LogP contribution in [0.2, 0.25) is 0 Å². The second-order valence-corrected chi connectivity index (χ2v) is 5.74. The minimum absolute atomic E-state index is 0.227. The molecule has 0 fully saturated rings. The molecule has 92 valence electrons. The van der Waals surface area contributed by atoms with Crippen LogP contribution in [0.5, 0.6) is 0 Å². The number of ketones is 1. The maximum atomic E-state index is 11.6. The Morgan fingerprint density at radius 1 is 1.35 bits per heavy atom. The van der Waals surface area contributed by atoms with Gasteiger partial charge in [0.1, 0.15) is 0 Å². The number of benzene rings is 1. The molecule has 0 spiro atoms. The zero-order valence-electron chi connectivity index (χ0n) is 9.83. The first kappa shape index (κ1) is 14.4. The van der Waals surface area contributed by atoms with E-state index in [9.17, 15) is 9.59 Å². The monoisotopic (exact) mass is 361 g/mol. The molecule has 1 rings (SSSR count). The van der Waals surface area contributed by atoms with Gasteiger partial charge in [0.25, 0.3) is 0 Å². The molecule has 0 heterocycles. The van der Waals surface area contributed by atoms with Crippen molar-refractivity contribution in [2.75, 3.05) is 11.9 Å². The lowest BCUT2D eigenvalue weighted by Crippen LogP contribution is -2.28. The predicted molar refractivity (Wildman–Crippen MR) is 75.8 cm³/mol. The minimum atomic E-state index is -0.519. The number of hydrogen-bond acceptors (Lipinski definition) is 3. The molecular weight excluding hydrogens is 350 g/mol. The molecule has 0 N–H and O–H groups in total. The van der Waals surface area contributed by atoms with Crippen molar-refractivity contribution in [3.63, 3.8) is 0 Å². The van der Waals surface area contributed by atoms with Gasteiger partial charge in [-0.05, 0) is 41.9 Å². The molecular formula is C12H13Br2NO2. The Balaban J connectivity index is 3.45. The summed E-state index contributed by atoms with van der Waals surface area (Å²) in [4.78, 5) is 24.3. The number of rotatable bonds is 4. The fourth-order valence-corrected chi connectivity index (χ4v) is 2.94. The van der Waals surface area contributed by atoms with E-state index in [0.717, 1.165) is 14.6 Å². The molecule has 0 unspecified atom stereocenters. The van der Waals surface area contributed by atoms with Gasteiger partial charge in [-0.15, -0.1) is 0 Å². The van der Waals surface area contributed by atoms with Gasteiger partial charge in [-0.1, -0.05) is 15.9 Å². The van der Waals surface area contributed by atoms with Crippen molar-refractivity contribution in [1.29, 1.82) is 0 Å². The molecule has 3 nitrogen and oxygen atoms in total. The van der Waals surface area contributed by atoms with Gasteiger partial charge in [0.2, 0.25) is 5.78 Å². The van der Waals surface area contributed by atoms with Crippen LogP contribution >= 0.6 is 31.9 Å². The minimum Gasteiger partial charge on any atom is -0.371 e. The summed E-state index contributed by atoms with van der Waals surface area (Å²) in [6.45, 7) is 4.04. The molecule has 0 saturated heterocycles. The van der Waals surface area contributed by atoms with Crippen molar-refractivity contribution in [2.45, 2.75) is 19.9 Å². The lowest BCUT2D eigenvalue weighted by atomic mass is 10.1. The average Bonchev–Trinajstić information content (AvgIpc) is 2.26. The molecule has 0 aromatic heterocycles. The number of aldehydes is 1. The van der Waals surface area contributed by atoms with Crippen molar-refractivity contribution in [3.8, 4) is 0 Å². The molecule has 0 amide bonds. The highest BCUT2D eigenvalue weighted by atomic mass is 79.9. The van der Waals surface area contributed by atoms with Crippen molar-refractivity contribution in [2.24, 2.45) is 0 Å². The van der Waals surface area contributed by atoms with Crippen LogP contribution in [0.3, 0.4) is 0 Å². The maximum Gasteiger partial charge on any atom is 0.227 e. The lowest BCUT2D eigenvalue weighted by Gasteiger charge is -2.27. The van der Waals surface area contributed by atoms with Crippen molar-refractivity contribution in [3.05, 3.63) is 26.6 Å². The van der Waals surface area contributed by atoms with Crippen LogP contribution in [-0.4, -0.2) is 25.2 Å². The number of carbonyl (C=O) groups is 2. The smallest absolute Gasteiger partial charge is 0.227 e. The fourth-order valence-electron chi connectivity index (χ4n) is 1.43. The number of halogens is 2. The van der Waals surface area contributed by atoms with E-state index >= 15 is 0 Å². The SMILES string of the molecule is CC(C)N(C)c1c(Br)cc(Br)cc1C(=O)C=O. The second kappa shape index (κ2) is 5.78. The molecule has 0 saturated carbocycles. The molecule has 0 aliphatic rings. The van der Waals surface area contributed by atoms with Crippen LogP contribution in [0.15, 0.2) is 21.1 Å². The predicted octanol–water partition coefficient (Wildman–Crippen LogP) is 3.44. The fraction of sp³-hybridized carbons (Fsp3) is 0.333. The molecule has 5 heteroatoms. The number of Topliss-reactive ketones (excluding diaryl/α,β-unsaturated/α-hetero) is 1. The van der Waals surface area contributed by atoms with E-state index in [1.165, 1.54) is 0 Å². The van der Waals surface area contributed by atoms with Gasteiger partial charge in [-0.3, -0.25) is 9.59 Å². The Morgan fingerprint density at radius 2 is 1.94 bits per heavy atom. The normalized spacial score (nSPS) is 10.5. The number of carbonyl (C=O) groups excluding carboxylic acids is 2. The number of hydrogen-bond donors (Lipinski definition) is 0. The number of anilines is 1. The van der Waals surface area contributed by atoms with Gasteiger partial charge in [0, 0.05) is 22.0 Å². The molecule has 0 aliphatic heterocycles. The Kier molecular flexibility index (Phi) is 4.89. The average molecular weight is 363 g/mol. The molecule has 0 atom stereocenters. The van der Waals surface area contributed by atoms with Gasteiger partial charge in [-0.25, -0.2) is 0 Å². The van der Waals surface area contributed by atoms with Gasteiger partial charge < -0.3 is 4.90 Å². The van der Waals surface area contributed by atoms with E-state index in [1.54, 1.807) is 6.07 Å². The summed E-state index contributed by atoms with van der Waals surface area (Å²) in [5.74, 6) is -0.519. The van der Waals surface area contributed by atoms with Crippen molar-refractivity contribution < 1.29 is 9.59 Å². The Hall–Kier alpha value is -0.680. The summed E-state index contributed by atoms with van der Waals surface area (Å²) in [6, 6.07) is 3.75. The molecule has 0 aliphatic carbocycles. The van der Waals surface area contributed by atoms with E-state index in [2.05, 4.69) is 31.9 Å². The van der Waals surface area contributed by atoms with Crippen LogP contribution < -0.4 is 4.90 Å². The summed E-state index contributed by atoms with van der Waals surface area (Å²) in [5.41, 5.74) is 1.14. The summed E-state index contributed by atoms with van der Waals surface area (Å²) in [5, 5.41) is 0. The van der Waals surface area contributed by atoms with Crippen LogP contribution in [0.25, 0.3) is 0 Å². The quantitative estimate of drug-likeness (QED) is 0.467. The third-order valence-electron chi connectivity index (χ3n) is 2.53. The van der Waals surface area contributed by atoms with E-state index < -0.39 is 5.78 Å². The second-order valence-electron chi connectivity index (χ2n) is 3.97. The van der Waals surface area contributed by atoms with E-state index in [4.69, 9.17) is 0 Å². The van der Waals surface area contributed by atoms with Crippen LogP contribution in [0.1, 0.15) is 24.2 Å². The van der Waals surface area contributed by atoms with E-state index in [-0.39, 0.29) is 6.04 Å². The first-order chi connectivity index (χ1) is 7.88. The van der Waals surface area contributed by atoms with Gasteiger partial charge in [-0.2, -0.15) is 0 Å². The zero-order chi connectivity index (χ0) is 13.2. The zero-order valence-corrected chi connectivity index (χ0v) is 13.0. The van der Waals surface area contributed by atoms with E-state index in [1.807, 2.05) is 31.9 Å². The summed E-state index contributed by atoms with van der Waals surface area (Å²) < 4.78 is 1.55. The third-order valence-corrected chi connectivity index (χ3v) is 3.59. The Bertz CT molecular complexity index is 458. The topological polar surface area (TPSA) is 37.4 Å². The van der Waals surface area contributed by atoms with Crippen molar-refractivity contribution >= 4 is 49.6 Å². The molecule has 1 aromatic carbocycles. The highest BCUT2D eigenvalue weighted by Gasteiger charge is 2.19. The number of nitrogens with zero attached hydrogens (tertiary/aromatic N) is 1. The summed E-state index contributed by atoms with van der Waals surface area (Å²) >= 11 is 6.74. The van der Waals surface area contributed by atoms with Gasteiger partial charge in [0.05, 0.1) is 11.3 Å². The molecule has 0 bridgehead atoms.